The number of tetrazole rings is 1. The van der Waals surface area contributed by atoms with Crippen molar-refractivity contribution in [3.05, 3.63) is 35.9 Å². The zero-order chi connectivity index (χ0) is 13.7. The zero-order valence-corrected chi connectivity index (χ0v) is 10.8. The fourth-order valence-electron chi connectivity index (χ4n) is 1.32. The third kappa shape index (κ3) is 3.62. The van der Waals surface area contributed by atoms with Crippen molar-refractivity contribution >= 4 is 23.5 Å². The Morgan fingerprint density at radius 3 is 2.63 bits per heavy atom. The Hall–Kier alpha value is -2.22. The number of esters is 1. The summed E-state index contributed by atoms with van der Waals surface area (Å²) < 4.78 is 4.99. The molecule has 0 aliphatic carbocycles. The molecule has 0 saturated carbocycles. The molecular weight excluding hydrogens is 268 g/mol. The van der Waals surface area contributed by atoms with Gasteiger partial charge in [0, 0.05) is 12.5 Å². The molecule has 98 valence electrons. The van der Waals surface area contributed by atoms with Gasteiger partial charge in [-0.1, -0.05) is 30.3 Å². The van der Waals surface area contributed by atoms with Crippen LogP contribution in [0.1, 0.15) is 17.3 Å². The Balaban J connectivity index is 2.17. The van der Waals surface area contributed by atoms with Gasteiger partial charge in [0.2, 0.25) is 16.4 Å². The predicted molar refractivity (Wildman–Crippen MR) is 66.4 cm³/mol. The largest absolute Gasteiger partial charge is 0.442 e. The van der Waals surface area contributed by atoms with Crippen molar-refractivity contribution in [3.8, 4) is 0 Å². The van der Waals surface area contributed by atoms with Crippen LogP contribution in [-0.2, 0) is 9.53 Å². The quantitative estimate of drug-likeness (QED) is 0.378. The Labute approximate surface area is 112 Å². The summed E-state index contributed by atoms with van der Waals surface area (Å²) in [6.07, 6.45) is 0. The molecule has 0 fully saturated rings. The second kappa shape index (κ2) is 6.10. The molecule has 1 aromatic carbocycles. The highest BCUT2D eigenvalue weighted by molar-refractivity contribution is 8.00. The van der Waals surface area contributed by atoms with Gasteiger partial charge < -0.3 is 4.74 Å². The highest BCUT2D eigenvalue weighted by Crippen LogP contribution is 2.23. The number of carbonyl (C=O) groups excluding carboxylic acids is 2. The monoisotopic (exact) mass is 278 g/mol. The number of ether oxygens (including phenoxy) is 1. The predicted octanol–water partition coefficient (Wildman–Crippen LogP) is 1.06. The number of rotatable bonds is 5. The Kier molecular flexibility index (Phi) is 4.24. The number of thioether (sulfide) groups is 1. The second-order valence-electron chi connectivity index (χ2n) is 3.48. The summed E-state index contributed by atoms with van der Waals surface area (Å²) in [5.74, 6) is -0.879. The first-order valence-electron chi connectivity index (χ1n) is 5.33. The number of nitrogens with zero attached hydrogens (tertiary/aromatic N) is 3. The molecule has 2 aromatic rings. The van der Waals surface area contributed by atoms with Crippen LogP contribution in [0.4, 0.5) is 0 Å². The van der Waals surface area contributed by atoms with Crippen LogP contribution in [0.3, 0.4) is 0 Å². The van der Waals surface area contributed by atoms with Gasteiger partial charge in [0.25, 0.3) is 0 Å². The standard InChI is InChI=1S/C11H10N4O3S/c1-7(16)18-10(19-11-12-14-15-13-11)9(17)8-5-3-2-4-6-8/h2-6,10H,1H3,(H,12,13,14,15). The van der Waals surface area contributed by atoms with Crippen LogP contribution in [0.25, 0.3) is 0 Å². The lowest BCUT2D eigenvalue weighted by molar-refractivity contribution is -0.141. The van der Waals surface area contributed by atoms with Gasteiger partial charge in [-0.25, -0.2) is 0 Å². The average molecular weight is 278 g/mol. The number of hydrogen-bond acceptors (Lipinski definition) is 7. The molecule has 19 heavy (non-hydrogen) atoms. The summed E-state index contributed by atoms with van der Waals surface area (Å²) in [4.78, 5) is 23.3. The van der Waals surface area contributed by atoms with Gasteiger partial charge in [0.1, 0.15) is 0 Å². The Bertz CT molecular complexity index is 559. The van der Waals surface area contributed by atoms with Crippen molar-refractivity contribution in [1.82, 2.24) is 20.6 Å². The topological polar surface area (TPSA) is 97.8 Å². The number of ketones is 1. The van der Waals surface area contributed by atoms with Gasteiger partial charge in [-0.3, -0.25) is 9.59 Å². The summed E-state index contributed by atoms with van der Waals surface area (Å²) in [6, 6.07) is 8.56. The number of aromatic nitrogens is 4. The van der Waals surface area contributed by atoms with E-state index >= 15 is 0 Å². The molecule has 1 unspecified atom stereocenters. The van der Waals surface area contributed by atoms with Crippen molar-refractivity contribution in [1.29, 1.82) is 0 Å². The van der Waals surface area contributed by atoms with E-state index in [-0.39, 0.29) is 10.9 Å². The maximum Gasteiger partial charge on any atom is 0.304 e. The van der Waals surface area contributed by atoms with E-state index in [4.69, 9.17) is 4.74 Å². The highest BCUT2D eigenvalue weighted by atomic mass is 32.2. The van der Waals surface area contributed by atoms with Gasteiger partial charge in [-0.15, -0.1) is 10.2 Å². The first kappa shape index (κ1) is 13.2. The van der Waals surface area contributed by atoms with Gasteiger partial charge in [-0.05, 0) is 17.0 Å². The van der Waals surface area contributed by atoms with Gasteiger partial charge >= 0.3 is 5.97 Å². The minimum atomic E-state index is -1.03. The van der Waals surface area contributed by atoms with Crippen LogP contribution in [0.15, 0.2) is 35.5 Å². The van der Waals surface area contributed by atoms with E-state index in [0.717, 1.165) is 11.8 Å². The minimum Gasteiger partial charge on any atom is -0.442 e. The first-order valence-corrected chi connectivity index (χ1v) is 6.21. The molecule has 0 spiro atoms. The van der Waals surface area contributed by atoms with Gasteiger partial charge in [0.05, 0.1) is 0 Å². The van der Waals surface area contributed by atoms with Crippen molar-refractivity contribution < 1.29 is 14.3 Å². The molecule has 1 aromatic heterocycles. The SMILES string of the molecule is CC(=O)OC(Sc1nn[nH]n1)C(=O)c1ccccc1. The molecule has 0 aliphatic rings. The number of H-pyrrole nitrogens is 1. The number of nitrogens with one attached hydrogen (secondary N) is 1. The molecule has 1 N–H and O–H groups in total. The van der Waals surface area contributed by atoms with Crippen molar-refractivity contribution in [2.75, 3.05) is 0 Å². The van der Waals surface area contributed by atoms with Crippen LogP contribution in [0.2, 0.25) is 0 Å². The molecule has 2 rings (SSSR count). The lowest BCUT2D eigenvalue weighted by atomic mass is 10.1. The molecule has 7 nitrogen and oxygen atoms in total. The smallest absolute Gasteiger partial charge is 0.304 e. The Morgan fingerprint density at radius 1 is 1.32 bits per heavy atom. The van der Waals surface area contributed by atoms with E-state index in [2.05, 4.69) is 20.6 Å². The summed E-state index contributed by atoms with van der Waals surface area (Å²) in [5.41, 5.74) is -0.581. The van der Waals surface area contributed by atoms with Crippen molar-refractivity contribution in [2.45, 2.75) is 17.5 Å². The van der Waals surface area contributed by atoms with E-state index in [1.807, 2.05) is 0 Å². The molecule has 0 amide bonds. The van der Waals surface area contributed by atoms with E-state index in [9.17, 15) is 9.59 Å². The van der Waals surface area contributed by atoms with Gasteiger partial charge in [-0.2, -0.15) is 5.21 Å². The molecule has 1 atom stereocenters. The summed E-state index contributed by atoms with van der Waals surface area (Å²) >= 11 is 0.918. The van der Waals surface area contributed by atoms with Crippen LogP contribution in [-0.4, -0.2) is 37.8 Å². The lowest BCUT2D eigenvalue weighted by Crippen LogP contribution is -2.23. The van der Waals surface area contributed by atoms with E-state index in [1.54, 1.807) is 30.3 Å². The summed E-state index contributed by atoms with van der Waals surface area (Å²) in [5, 5.41) is 13.3. The maximum atomic E-state index is 12.2. The minimum absolute atomic E-state index is 0.232. The maximum absolute atomic E-state index is 12.2. The molecular formula is C11H10N4O3S. The number of aromatic amines is 1. The third-order valence-corrected chi connectivity index (χ3v) is 2.99. The highest BCUT2D eigenvalue weighted by Gasteiger charge is 2.25. The first-order chi connectivity index (χ1) is 9.16. The second-order valence-corrected chi connectivity index (χ2v) is 4.51. The number of carbonyl (C=O) groups is 2. The normalized spacial score (nSPS) is 11.8. The molecule has 0 saturated heterocycles. The molecule has 0 aliphatic heterocycles. The van der Waals surface area contributed by atoms with Crippen LogP contribution >= 0.6 is 11.8 Å². The van der Waals surface area contributed by atoms with E-state index < -0.39 is 11.4 Å². The average Bonchev–Trinajstić information content (AvgIpc) is 2.90. The molecule has 8 heteroatoms. The summed E-state index contributed by atoms with van der Waals surface area (Å²) in [6.45, 7) is 1.24. The van der Waals surface area contributed by atoms with Crippen LogP contribution < -0.4 is 0 Å². The Morgan fingerprint density at radius 2 is 2.05 bits per heavy atom. The fraction of sp³-hybridized carbons (Fsp3) is 0.182. The molecule has 1 heterocycles. The summed E-state index contributed by atoms with van der Waals surface area (Å²) in [7, 11) is 0. The van der Waals surface area contributed by atoms with Gasteiger partial charge in [0.15, 0.2) is 0 Å². The number of Topliss-reactive ketones (excluding diaryl/α,β-unsaturated/α-hetero) is 1. The van der Waals surface area contributed by atoms with Crippen molar-refractivity contribution in [2.24, 2.45) is 0 Å². The zero-order valence-electron chi connectivity index (χ0n) is 9.94. The van der Waals surface area contributed by atoms with Crippen LogP contribution in [0.5, 0.6) is 0 Å². The number of hydrogen-bond donors (Lipinski definition) is 1. The van der Waals surface area contributed by atoms with E-state index in [1.165, 1.54) is 6.92 Å². The lowest BCUT2D eigenvalue weighted by Gasteiger charge is -2.13. The third-order valence-electron chi connectivity index (χ3n) is 2.08. The van der Waals surface area contributed by atoms with E-state index in [0.29, 0.717) is 5.56 Å². The van der Waals surface area contributed by atoms with Crippen molar-refractivity contribution in [3.63, 3.8) is 0 Å². The fourth-order valence-corrected chi connectivity index (χ4v) is 2.12. The van der Waals surface area contributed by atoms with Crippen LogP contribution in [0, 0.1) is 0 Å². The molecule has 0 radical (unpaired) electrons. The number of benzene rings is 1. The molecule has 0 bridgehead atoms.